The van der Waals surface area contributed by atoms with E-state index in [0.29, 0.717) is 18.0 Å². The highest BCUT2D eigenvalue weighted by Crippen LogP contribution is 2.36. The quantitative estimate of drug-likeness (QED) is 0.627. The molecule has 0 bridgehead atoms. The van der Waals surface area contributed by atoms with E-state index in [2.05, 4.69) is 5.32 Å². The van der Waals surface area contributed by atoms with Gasteiger partial charge in [-0.2, -0.15) is 0 Å². The fourth-order valence-electron chi connectivity index (χ4n) is 3.61. The summed E-state index contributed by atoms with van der Waals surface area (Å²) in [6, 6.07) is 9.30. The topological polar surface area (TPSA) is 63.1 Å². The van der Waals surface area contributed by atoms with Crippen LogP contribution >= 0.6 is 0 Å². The lowest BCUT2D eigenvalue weighted by molar-refractivity contribution is -0.718. The number of ether oxygens (including phenoxy) is 1. The normalized spacial score (nSPS) is 33.2. The van der Waals surface area contributed by atoms with Gasteiger partial charge in [0.2, 0.25) is 5.79 Å². The molecule has 108 valence electrons. The van der Waals surface area contributed by atoms with Crippen molar-refractivity contribution in [3.05, 3.63) is 35.9 Å². The van der Waals surface area contributed by atoms with Gasteiger partial charge in [-0.05, 0) is 31.4 Å². The van der Waals surface area contributed by atoms with E-state index in [-0.39, 0.29) is 5.92 Å². The number of fused-ring (bicyclic) bond motifs is 1. The summed E-state index contributed by atoms with van der Waals surface area (Å²) < 4.78 is 5.53. The first-order chi connectivity index (χ1) is 9.69. The van der Waals surface area contributed by atoms with Crippen molar-refractivity contribution in [3.63, 3.8) is 0 Å². The number of esters is 1. The largest absolute Gasteiger partial charge is 0.429 e. The van der Waals surface area contributed by atoms with Crippen molar-refractivity contribution in [2.45, 2.75) is 43.9 Å². The van der Waals surface area contributed by atoms with Crippen LogP contribution in [-0.2, 0) is 4.74 Å². The molecule has 4 nitrogen and oxygen atoms in total. The number of aliphatic hydroxyl groups is 1. The summed E-state index contributed by atoms with van der Waals surface area (Å²) >= 11 is 0. The Morgan fingerprint density at radius 1 is 1.25 bits per heavy atom. The molecule has 2 fully saturated rings. The molecular formula is C16H22NO3+. The number of carbonyl (C=O) groups is 1. The lowest BCUT2D eigenvalue weighted by Gasteiger charge is -2.44. The van der Waals surface area contributed by atoms with Gasteiger partial charge in [0.15, 0.2) is 0 Å². The second kappa shape index (κ2) is 5.54. The first kappa shape index (κ1) is 13.6. The molecule has 1 heterocycles. The molecule has 1 aromatic rings. The smallest absolute Gasteiger partial charge is 0.340 e. The van der Waals surface area contributed by atoms with E-state index in [1.54, 1.807) is 24.3 Å². The SMILES string of the molecule is O=C(O[C@@]1(O)CC[NH2+][C@@H]2CCCC[C@H]21)c1ccccc1. The summed E-state index contributed by atoms with van der Waals surface area (Å²) in [5.74, 6) is -1.63. The minimum absolute atomic E-state index is 0.0673. The maximum atomic E-state index is 12.2. The summed E-state index contributed by atoms with van der Waals surface area (Å²) in [5.41, 5.74) is 0.503. The number of carbonyl (C=O) groups excluding carboxylic acids is 1. The number of piperidine rings is 1. The Morgan fingerprint density at radius 2 is 2.00 bits per heavy atom. The molecule has 4 heteroatoms. The Morgan fingerprint density at radius 3 is 2.80 bits per heavy atom. The Labute approximate surface area is 119 Å². The molecule has 3 N–H and O–H groups in total. The Hall–Kier alpha value is -1.39. The Bertz CT molecular complexity index is 474. The third-order valence-electron chi connectivity index (χ3n) is 4.65. The average molecular weight is 276 g/mol. The third-order valence-corrected chi connectivity index (χ3v) is 4.65. The number of rotatable bonds is 2. The van der Waals surface area contributed by atoms with Crippen molar-refractivity contribution in [2.75, 3.05) is 6.54 Å². The van der Waals surface area contributed by atoms with Crippen LogP contribution in [0.4, 0.5) is 0 Å². The predicted molar refractivity (Wildman–Crippen MR) is 74.0 cm³/mol. The molecule has 20 heavy (non-hydrogen) atoms. The highest BCUT2D eigenvalue weighted by molar-refractivity contribution is 5.89. The van der Waals surface area contributed by atoms with Gasteiger partial charge >= 0.3 is 5.97 Å². The highest BCUT2D eigenvalue weighted by Gasteiger charge is 2.50. The second-order valence-electron chi connectivity index (χ2n) is 5.93. The first-order valence-corrected chi connectivity index (χ1v) is 7.53. The van der Waals surface area contributed by atoms with Gasteiger partial charge in [-0.25, -0.2) is 4.79 Å². The molecule has 1 aliphatic heterocycles. The van der Waals surface area contributed by atoms with Gasteiger partial charge in [0.05, 0.1) is 30.5 Å². The van der Waals surface area contributed by atoms with Gasteiger partial charge in [0.25, 0.3) is 0 Å². The zero-order valence-electron chi connectivity index (χ0n) is 11.6. The molecule has 3 atom stereocenters. The van der Waals surface area contributed by atoms with Gasteiger partial charge < -0.3 is 15.2 Å². The first-order valence-electron chi connectivity index (χ1n) is 7.53. The lowest BCUT2D eigenvalue weighted by Crippen LogP contribution is -2.96. The van der Waals surface area contributed by atoms with Crippen LogP contribution in [0.1, 0.15) is 42.5 Å². The molecule has 2 aliphatic rings. The monoisotopic (exact) mass is 276 g/mol. The summed E-state index contributed by atoms with van der Waals surface area (Å²) in [6.45, 7) is 0.819. The van der Waals surface area contributed by atoms with E-state index < -0.39 is 11.8 Å². The van der Waals surface area contributed by atoms with Crippen LogP contribution in [-0.4, -0.2) is 29.4 Å². The Kier molecular flexibility index (Phi) is 3.76. The van der Waals surface area contributed by atoms with Crippen molar-refractivity contribution >= 4 is 5.97 Å². The van der Waals surface area contributed by atoms with Crippen LogP contribution in [0.2, 0.25) is 0 Å². The molecule has 0 spiro atoms. The molecule has 0 radical (unpaired) electrons. The maximum absolute atomic E-state index is 12.2. The van der Waals surface area contributed by atoms with E-state index in [4.69, 9.17) is 4.74 Å². The fourth-order valence-corrected chi connectivity index (χ4v) is 3.61. The van der Waals surface area contributed by atoms with Gasteiger partial charge in [-0.3, -0.25) is 0 Å². The summed E-state index contributed by atoms with van der Waals surface area (Å²) in [6.07, 6.45) is 4.89. The molecule has 0 aromatic heterocycles. The molecular weight excluding hydrogens is 254 g/mol. The standard InChI is InChI=1S/C16H21NO3/c18-15(12-6-2-1-3-7-12)20-16(19)10-11-17-14-9-5-4-8-13(14)16/h1-3,6-7,13-14,17,19H,4-5,8-11H2/p+1/t13-,14-,16+/m1/s1. The van der Waals surface area contributed by atoms with Crippen LogP contribution in [0.3, 0.4) is 0 Å². The zero-order valence-corrected chi connectivity index (χ0v) is 11.6. The molecule has 3 rings (SSSR count). The lowest BCUT2D eigenvalue weighted by atomic mass is 9.75. The summed E-state index contributed by atoms with van der Waals surface area (Å²) in [5, 5.41) is 13.1. The minimum atomic E-state index is -1.28. The third kappa shape index (κ3) is 2.58. The molecule has 1 aliphatic carbocycles. The van der Waals surface area contributed by atoms with Gasteiger partial charge in [-0.1, -0.05) is 24.6 Å². The van der Waals surface area contributed by atoms with Crippen LogP contribution in [0.15, 0.2) is 30.3 Å². The van der Waals surface area contributed by atoms with Gasteiger partial charge in [-0.15, -0.1) is 0 Å². The van der Waals surface area contributed by atoms with Crippen LogP contribution in [0.25, 0.3) is 0 Å². The molecule has 1 saturated heterocycles. The van der Waals surface area contributed by atoms with E-state index in [9.17, 15) is 9.90 Å². The number of hydrogen-bond donors (Lipinski definition) is 2. The highest BCUT2D eigenvalue weighted by atomic mass is 16.7. The fraction of sp³-hybridized carbons (Fsp3) is 0.562. The molecule has 0 unspecified atom stereocenters. The summed E-state index contributed by atoms with van der Waals surface area (Å²) in [7, 11) is 0. The van der Waals surface area contributed by atoms with E-state index in [1.807, 2.05) is 6.07 Å². The van der Waals surface area contributed by atoms with Gasteiger partial charge in [0, 0.05) is 0 Å². The number of benzene rings is 1. The van der Waals surface area contributed by atoms with Crippen molar-refractivity contribution in [1.82, 2.24) is 0 Å². The van der Waals surface area contributed by atoms with Crippen molar-refractivity contribution < 1.29 is 20.0 Å². The second-order valence-corrected chi connectivity index (χ2v) is 5.93. The van der Waals surface area contributed by atoms with E-state index in [0.717, 1.165) is 25.8 Å². The summed E-state index contributed by atoms with van der Waals surface area (Å²) in [4.78, 5) is 12.2. The number of nitrogens with two attached hydrogens (primary N) is 1. The minimum Gasteiger partial charge on any atom is -0.429 e. The van der Waals surface area contributed by atoms with Crippen molar-refractivity contribution in [2.24, 2.45) is 5.92 Å². The van der Waals surface area contributed by atoms with Gasteiger partial charge in [0.1, 0.15) is 0 Å². The van der Waals surface area contributed by atoms with Crippen LogP contribution in [0, 0.1) is 5.92 Å². The number of quaternary nitrogens is 1. The van der Waals surface area contributed by atoms with E-state index >= 15 is 0 Å². The average Bonchev–Trinajstić information content (AvgIpc) is 2.48. The maximum Gasteiger partial charge on any atom is 0.340 e. The van der Waals surface area contributed by atoms with Crippen molar-refractivity contribution in [3.8, 4) is 0 Å². The van der Waals surface area contributed by atoms with E-state index in [1.165, 1.54) is 6.42 Å². The van der Waals surface area contributed by atoms with Crippen LogP contribution < -0.4 is 5.32 Å². The Balaban J connectivity index is 1.75. The number of hydrogen-bond acceptors (Lipinski definition) is 3. The molecule has 1 aromatic carbocycles. The molecule has 0 amide bonds. The molecule has 1 saturated carbocycles. The zero-order chi connectivity index (χ0) is 14.0. The van der Waals surface area contributed by atoms with Crippen LogP contribution in [0.5, 0.6) is 0 Å². The van der Waals surface area contributed by atoms with Crippen molar-refractivity contribution in [1.29, 1.82) is 0 Å². The predicted octanol–water partition coefficient (Wildman–Crippen LogP) is 1.06.